The summed E-state index contributed by atoms with van der Waals surface area (Å²) in [6.45, 7) is 2.10. The molecule has 0 atom stereocenters. The zero-order valence-corrected chi connectivity index (χ0v) is 13.6. The molecule has 3 aromatic rings. The van der Waals surface area contributed by atoms with Crippen molar-refractivity contribution in [2.75, 3.05) is 5.73 Å². The van der Waals surface area contributed by atoms with Crippen LogP contribution in [-0.4, -0.2) is 9.78 Å². The second-order valence-corrected chi connectivity index (χ2v) is 6.37. The summed E-state index contributed by atoms with van der Waals surface area (Å²) < 4.78 is 2.77. The van der Waals surface area contributed by atoms with E-state index in [0.717, 1.165) is 26.9 Å². The Balaban J connectivity index is 2.28. The Morgan fingerprint density at radius 2 is 2.10 bits per heavy atom. The number of aromatic nitrogens is 2. The molecule has 5 heteroatoms. The number of anilines is 1. The highest BCUT2D eigenvalue weighted by Gasteiger charge is 2.19. The molecule has 3 rings (SSSR count). The molecule has 0 radical (unpaired) electrons. The number of benzene rings is 1. The van der Waals surface area contributed by atoms with Gasteiger partial charge in [-0.15, -0.1) is 0 Å². The number of hydrogen-bond donors (Lipinski definition) is 1. The Morgan fingerprint density at radius 1 is 1.30 bits per heavy atom. The summed E-state index contributed by atoms with van der Waals surface area (Å²) in [5, 5.41) is 8.86. The number of aryl methyl sites for hydroxylation is 2. The van der Waals surface area contributed by atoms with Crippen LogP contribution in [0.15, 0.2) is 39.5 Å². The molecule has 0 saturated carbocycles. The van der Waals surface area contributed by atoms with Crippen LogP contribution < -0.4 is 5.73 Å². The molecular formula is C15H14BrN3S. The lowest BCUT2D eigenvalue weighted by molar-refractivity contribution is 0.782. The quantitative estimate of drug-likeness (QED) is 0.743. The minimum atomic E-state index is 0.684. The molecule has 2 heterocycles. The maximum Gasteiger partial charge on any atom is 0.129 e. The lowest BCUT2D eigenvalue weighted by Crippen LogP contribution is -1.97. The topological polar surface area (TPSA) is 43.8 Å². The number of rotatable bonds is 2. The van der Waals surface area contributed by atoms with Gasteiger partial charge in [-0.05, 0) is 35.6 Å². The molecule has 0 bridgehead atoms. The number of halogens is 1. The van der Waals surface area contributed by atoms with Gasteiger partial charge in [0.1, 0.15) is 11.5 Å². The second-order valence-electron chi connectivity index (χ2n) is 4.71. The van der Waals surface area contributed by atoms with Gasteiger partial charge in [-0.1, -0.05) is 28.1 Å². The van der Waals surface area contributed by atoms with Crippen molar-refractivity contribution in [3.63, 3.8) is 0 Å². The van der Waals surface area contributed by atoms with Crippen LogP contribution in [0.3, 0.4) is 0 Å². The monoisotopic (exact) mass is 347 g/mol. The van der Waals surface area contributed by atoms with Crippen molar-refractivity contribution in [2.24, 2.45) is 7.05 Å². The number of thiophene rings is 1. The van der Waals surface area contributed by atoms with Gasteiger partial charge in [-0.2, -0.15) is 16.4 Å². The largest absolute Gasteiger partial charge is 0.383 e. The zero-order chi connectivity index (χ0) is 14.3. The van der Waals surface area contributed by atoms with Gasteiger partial charge in [0.15, 0.2) is 0 Å². The Kier molecular flexibility index (Phi) is 3.40. The van der Waals surface area contributed by atoms with Crippen LogP contribution in [0.5, 0.6) is 0 Å². The third-order valence-electron chi connectivity index (χ3n) is 3.32. The first-order chi connectivity index (χ1) is 9.58. The number of nitrogens with zero attached hydrogens (tertiary/aromatic N) is 2. The normalized spacial score (nSPS) is 10.9. The highest BCUT2D eigenvalue weighted by Crippen LogP contribution is 2.38. The van der Waals surface area contributed by atoms with E-state index in [1.807, 2.05) is 19.2 Å². The Hall–Kier alpha value is -1.59. The van der Waals surface area contributed by atoms with Crippen molar-refractivity contribution in [1.29, 1.82) is 0 Å². The minimum absolute atomic E-state index is 0.684. The van der Waals surface area contributed by atoms with Gasteiger partial charge >= 0.3 is 0 Å². The summed E-state index contributed by atoms with van der Waals surface area (Å²) in [5.41, 5.74) is 11.6. The summed E-state index contributed by atoms with van der Waals surface area (Å²) in [4.78, 5) is 0. The standard InChI is InChI=1S/C15H14BrN3S/c1-9-7-20-8-12(9)14-13(15(17)19(2)18-14)10-4-3-5-11(16)6-10/h3-8H,17H2,1-2H3. The van der Waals surface area contributed by atoms with Crippen molar-refractivity contribution >= 4 is 33.1 Å². The zero-order valence-electron chi connectivity index (χ0n) is 11.2. The molecule has 3 nitrogen and oxygen atoms in total. The third-order valence-corrected chi connectivity index (χ3v) is 4.67. The van der Waals surface area contributed by atoms with E-state index >= 15 is 0 Å². The molecule has 0 aliphatic carbocycles. The molecule has 2 N–H and O–H groups in total. The molecule has 102 valence electrons. The summed E-state index contributed by atoms with van der Waals surface area (Å²) in [5.74, 6) is 0.684. The highest BCUT2D eigenvalue weighted by molar-refractivity contribution is 9.10. The fourth-order valence-corrected chi connectivity index (χ4v) is 3.49. The van der Waals surface area contributed by atoms with Crippen LogP contribution in [0.2, 0.25) is 0 Å². The molecule has 0 unspecified atom stereocenters. The Bertz CT molecular complexity index is 773. The average molecular weight is 348 g/mol. The van der Waals surface area contributed by atoms with Crippen molar-refractivity contribution in [3.8, 4) is 22.4 Å². The van der Waals surface area contributed by atoms with Crippen molar-refractivity contribution in [2.45, 2.75) is 6.92 Å². The van der Waals surface area contributed by atoms with Crippen molar-refractivity contribution in [3.05, 3.63) is 45.1 Å². The first kappa shape index (κ1) is 13.4. The maximum atomic E-state index is 6.23. The van der Waals surface area contributed by atoms with E-state index in [-0.39, 0.29) is 0 Å². The van der Waals surface area contributed by atoms with Crippen LogP contribution in [0.1, 0.15) is 5.56 Å². The lowest BCUT2D eigenvalue weighted by Gasteiger charge is -2.05. The molecular weight excluding hydrogens is 334 g/mol. The van der Waals surface area contributed by atoms with Gasteiger partial charge in [0.2, 0.25) is 0 Å². The molecule has 0 fully saturated rings. The van der Waals surface area contributed by atoms with Crippen LogP contribution in [-0.2, 0) is 7.05 Å². The van der Waals surface area contributed by atoms with E-state index in [1.165, 1.54) is 5.56 Å². The van der Waals surface area contributed by atoms with E-state index < -0.39 is 0 Å². The van der Waals surface area contributed by atoms with Gasteiger partial charge < -0.3 is 5.73 Å². The molecule has 0 spiro atoms. The third kappa shape index (κ3) is 2.17. The van der Waals surface area contributed by atoms with Crippen LogP contribution >= 0.6 is 27.3 Å². The van der Waals surface area contributed by atoms with Crippen LogP contribution in [0.25, 0.3) is 22.4 Å². The first-order valence-electron chi connectivity index (χ1n) is 6.19. The second kappa shape index (κ2) is 5.07. The molecule has 0 aliphatic heterocycles. The van der Waals surface area contributed by atoms with Gasteiger partial charge in [0.25, 0.3) is 0 Å². The van der Waals surface area contributed by atoms with E-state index in [0.29, 0.717) is 5.82 Å². The smallest absolute Gasteiger partial charge is 0.129 e. The van der Waals surface area contributed by atoms with Crippen molar-refractivity contribution in [1.82, 2.24) is 9.78 Å². The van der Waals surface area contributed by atoms with Crippen molar-refractivity contribution < 1.29 is 0 Å². The van der Waals surface area contributed by atoms with Gasteiger partial charge in [0, 0.05) is 22.5 Å². The summed E-state index contributed by atoms with van der Waals surface area (Å²) in [6.07, 6.45) is 0. The fourth-order valence-electron chi connectivity index (χ4n) is 2.26. The average Bonchev–Trinajstić information content (AvgIpc) is 2.94. The predicted octanol–water partition coefficient (Wildman–Crippen LogP) is 4.47. The van der Waals surface area contributed by atoms with Gasteiger partial charge in [0.05, 0.1) is 5.56 Å². The molecule has 0 aliphatic rings. The van der Waals surface area contributed by atoms with E-state index in [4.69, 9.17) is 5.73 Å². The summed E-state index contributed by atoms with van der Waals surface area (Å²) >= 11 is 5.20. The number of hydrogen-bond acceptors (Lipinski definition) is 3. The molecule has 20 heavy (non-hydrogen) atoms. The predicted molar refractivity (Wildman–Crippen MR) is 88.8 cm³/mol. The number of nitrogen functional groups attached to an aromatic ring is 1. The highest BCUT2D eigenvalue weighted by atomic mass is 79.9. The Morgan fingerprint density at radius 3 is 2.75 bits per heavy atom. The van der Waals surface area contributed by atoms with E-state index in [1.54, 1.807) is 16.0 Å². The lowest BCUT2D eigenvalue weighted by atomic mass is 10.0. The minimum Gasteiger partial charge on any atom is -0.383 e. The fraction of sp³-hybridized carbons (Fsp3) is 0.133. The molecule has 1 aromatic carbocycles. The molecule has 0 amide bonds. The van der Waals surface area contributed by atoms with Gasteiger partial charge in [-0.25, -0.2) is 0 Å². The molecule has 0 saturated heterocycles. The van der Waals surface area contributed by atoms with E-state index in [9.17, 15) is 0 Å². The molecule has 2 aromatic heterocycles. The SMILES string of the molecule is Cc1cscc1-c1nn(C)c(N)c1-c1cccc(Br)c1. The van der Waals surface area contributed by atoms with Crippen LogP contribution in [0.4, 0.5) is 5.82 Å². The number of nitrogens with two attached hydrogens (primary N) is 1. The Labute approximate surface area is 130 Å². The van der Waals surface area contributed by atoms with Gasteiger partial charge in [-0.3, -0.25) is 4.68 Å². The summed E-state index contributed by atoms with van der Waals surface area (Å²) in [7, 11) is 1.88. The van der Waals surface area contributed by atoms with Crippen LogP contribution in [0, 0.1) is 6.92 Å². The maximum absolute atomic E-state index is 6.23. The summed E-state index contributed by atoms with van der Waals surface area (Å²) in [6, 6.07) is 8.14. The van der Waals surface area contributed by atoms with E-state index in [2.05, 4.69) is 50.8 Å². The first-order valence-corrected chi connectivity index (χ1v) is 7.93.